The highest BCUT2D eigenvalue weighted by molar-refractivity contribution is 5.99. The van der Waals surface area contributed by atoms with E-state index < -0.39 is 12.0 Å². The number of fused-ring (bicyclic) bond motifs is 1. The summed E-state index contributed by atoms with van der Waals surface area (Å²) in [6.07, 6.45) is 6.85. The second-order valence-electron chi connectivity index (χ2n) is 10.1. The second-order valence-corrected chi connectivity index (χ2v) is 10.1. The van der Waals surface area contributed by atoms with Crippen LogP contribution in [0.25, 0.3) is 0 Å². The van der Waals surface area contributed by atoms with E-state index in [0.29, 0.717) is 41.2 Å². The molecule has 1 saturated carbocycles. The summed E-state index contributed by atoms with van der Waals surface area (Å²) in [7, 11) is 1.31. The number of aromatic nitrogens is 1. The van der Waals surface area contributed by atoms with Gasteiger partial charge in [-0.15, -0.1) is 0 Å². The van der Waals surface area contributed by atoms with Crippen LogP contribution in [0, 0.1) is 31.1 Å². The Morgan fingerprint density at radius 2 is 2.00 bits per heavy atom. The first-order valence-corrected chi connectivity index (χ1v) is 13.1. The Labute approximate surface area is 218 Å². The Bertz CT molecular complexity index is 1160. The fourth-order valence-electron chi connectivity index (χ4n) is 5.27. The maximum atomic E-state index is 12.9. The van der Waals surface area contributed by atoms with Gasteiger partial charge in [0.15, 0.2) is 0 Å². The molecule has 1 amide bonds. The molecule has 1 aromatic carbocycles. The van der Waals surface area contributed by atoms with Gasteiger partial charge in [-0.1, -0.05) is 6.07 Å². The second kappa shape index (κ2) is 12.2. The number of aryl methyl sites for hydroxylation is 4. The number of anilines is 1. The van der Waals surface area contributed by atoms with E-state index in [1.54, 1.807) is 26.0 Å². The number of carbonyl (C=O) groups is 2. The van der Waals surface area contributed by atoms with Crippen LogP contribution < -0.4 is 10.6 Å². The highest BCUT2D eigenvalue weighted by Crippen LogP contribution is 2.34. The van der Waals surface area contributed by atoms with E-state index in [-0.39, 0.29) is 12.0 Å². The van der Waals surface area contributed by atoms with E-state index in [1.165, 1.54) is 19.1 Å². The number of pyridine rings is 1. The van der Waals surface area contributed by atoms with Crippen molar-refractivity contribution in [2.24, 2.45) is 5.92 Å². The van der Waals surface area contributed by atoms with E-state index in [2.05, 4.69) is 28.8 Å². The summed E-state index contributed by atoms with van der Waals surface area (Å²) in [5.74, 6) is 0.813. The van der Waals surface area contributed by atoms with Gasteiger partial charge in [0, 0.05) is 30.8 Å². The van der Waals surface area contributed by atoms with Crippen LogP contribution in [0.1, 0.15) is 70.4 Å². The van der Waals surface area contributed by atoms with Crippen molar-refractivity contribution in [1.29, 1.82) is 5.26 Å². The molecule has 0 bridgehead atoms. The minimum Gasteiger partial charge on any atom is -0.467 e. The third-order valence-electron chi connectivity index (χ3n) is 7.39. The van der Waals surface area contributed by atoms with Gasteiger partial charge in [-0.2, -0.15) is 5.26 Å². The number of ether oxygens (including phenoxy) is 2. The molecule has 0 saturated heterocycles. The third kappa shape index (κ3) is 6.66. The van der Waals surface area contributed by atoms with Crippen LogP contribution in [0.2, 0.25) is 0 Å². The molecule has 0 spiro atoms. The number of nitriles is 1. The van der Waals surface area contributed by atoms with E-state index >= 15 is 0 Å². The van der Waals surface area contributed by atoms with Gasteiger partial charge in [0.1, 0.15) is 11.9 Å². The molecule has 1 fully saturated rings. The van der Waals surface area contributed by atoms with Gasteiger partial charge < -0.3 is 20.1 Å². The van der Waals surface area contributed by atoms with Crippen molar-refractivity contribution < 1.29 is 19.1 Å². The maximum Gasteiger partial charge on any atom is 0.328 e. The zero-order valence-electron chi connectivity index (χ0n) is 21.9. The summed E-state index contributed by atoms with van der Waals surface area (Å²) in [6.45, 7) is 4.93. The van der Waals surface area contributed by atoms with Crippen molar-refractivity contribution in [3.8, 4) is 6.07 Å². The molecule has 0 radical (unpaired) electrons. The van der Waals surface area contributed by atoms with Crippen molar-refractivity contribution >= 4 is 17.7 Å². The first-order chi connectivity index (χ1) is 17.9. The van der Waals surface area contributed by atoms with E-state index in [1.807, 2.05) is 0 Å². The molecule has 37 heavy (non-hydrogen) atoms. The lowest BCUT2D eigenvalue weighted by Gasteiger charge is -2.35. The molecule has 1 unspecified atom stereocenters. The molecule has 2 N–H and O–H groups in total. The zero-order valence-corrected chi connectivity index (χ0v) is 21.9. The van der Waals surface area contributed by atoms with Crippen LogP contribution in [-0.2, 0) is 27.1 Å². The van der Waals surface area contributed by atoms with E-state index in [0.717, 1.165) is 50.2 Å². The average molecular weight is 505 g/mol. The normalized spacial score (nSPS) is 19.0. The van der Waals surface area contributed by atoms with Crippen molar-refractivity contribution in [3.05, 3.63) is 57.8 Å². The van der Waals surface area contributed by atoms with E-state index in [9.17, 15) is 9.59 Å². The van der Waals surface area contributed by atoms with Crippen LogP contribution >= 0.6 is 0 Å². The van der Waals surface area contributed by atoms with Crippen molar-refractivity contribution in [1.82, 2.24) is 10.3 Å². The molecule has 1 aliphatic heterocycles. The third-order valence-corrected chi connectivity index (χ3v) is 7.39. The molecular formula is C29H36N4O4. The quantitative estimate of drug-likeness (QED) is 0.470. The van der Waals surface area contributed by atoms with Gasteiger partial charge in [-0.25, -0.2) is 9.78 Å². The molecule has 4 rings (SSSR count). The SMILES string of the molecule is COC(=O)C(CCOC1CC(CCc2ccc3c(n2)NCCC3)C1)NC(=O)c1c(C)cc(C#N)cc1C. The first-order valence-electron chi connectivity index (χ1n) is 13.1. The number of hydrogen-bond donors (Lipinski definition) is 2. The summed E-state index contributed by atoms with van der Waals surface area (Å²) in [5.41, 5.74) is 4.81. The van der Waals surface area contributed by atoms with Crippen LogP contribution in [0.3, 0.4) is 0 Å². The zero-order chi connectivity index (χ0) is 26.4. The van der Waals surface area contributed by atoms with Crippen LogP contribution in [-0.4, -0.2) is 49.3 Å². The number of amides is 1. The van der Waals surface area contributed by atoms with Crippen molar-refractivity contribution in [3.63, 3.8) is 0 Å². The number of nitrogens with zero attached hydrogens (tertiary/aromatic N) is 2. The smallest absolute Gasteiger partial charge is 0.328 e. The standard InChI is InChI=1S/C29H36N4O4/c1-18-13-21(17-30)14-19(2)26(18)28(34)33-25(29(35)36-3)10-12-37-24-15-20(16-24)6-8-23-9-7-22-5-4-11-31-27(22)32-23/h7,9,13-14,20,24-25H,4-6,8,10-12,15-16H2,1-3H3,(H,31,32)(H,33,34). The first kappa shape index (κ1) is 26.6. The predicted molar refractivity (Wildman–Crippen MR) is 140 cm³/mol. The summed E-state index contributed by atoms with van der Waals surface area (Å²) < 4.78 is 10.9. The molecular weight excluding hydrogens is 468 g/mol. The fraction of sp³-hybridized carbons (Fsp3) is 0.517. The van der Waals surface area contributed by atoms with Crippen molar-refractivity contribution in [2.45, 2.75) is 70.9 Å². The minimum absolute atomic E-state index is 0.181. The lowest BCUT2D eigenvalue weighted by molar-refractivity contribution is -0.143. The molecule has 2 heterocycles. The van der Waals surface area contributed by atoms with Crippen LogP contribution in [0.15, 0.2) is 24.3 Å². The molecule has 2 aliphatic rings. The summed E-state index contributed by atoms with van der Waals surface area (Å²) >= 11 is 0. The Balaban J connectivity index is 1.21. The number of benzene rings is 1. The monoisotopic (exact) mass is 504 g/mol. The lowest BCUT2D eigenvalue weighted by atomic mass is 9.79. The molecule has 2 aromatic rings. The molecule has 8 nitrogen and oxygen atoms in total. The highest BCUT2D eigenvalue weighted by Gasteiger charge is 2.31. The summed E-state index contributed by atoms with van der Waals surface area (Å²) in [5, 5.41) is 15.3. The van der Waals surface area contributed by atoms with Gasteiger partial charge in [0.05, 0.1) is 24.8 Å². The Hall–Kier alpha value is -3.44. The predicted octanol–water partition coefficient (Wildman–Crippen LogP) is 4.02. The molecule has 8 heteroatoms. The van der Waals surface area contributed by atoms with Gasteiger partial charge in [-0.3, -0.25) is 4.79 Å². The van der Waals surface area contributed by atoms with Crippen molar-refractivity contribution in [2.75, 3.05) is 25.6 Å². The molecule has 1 atom stereocenters. The summed E-state index contributed by atoms with van der Waals surface area (Å²) in [6, 6.07) is 8.99. The number of methoxy groups -OCH3 is 1. The number of carbonyl (C=O) groups excluding carboxylic acids is 2. The van der Waals surface area contributed by atoms with E-state index in [4.69, 9.17) is 19.7 Å². The number of hydrogen-bond acceptors (Lipinski definition) is 7. The Kier molecular flexibility index (Phi) is 8.78. The van der Waals surface area contributed by atoms with Gasteiger partial charge in [-0.05, 0) is 93.2 Å². The maximum absolute atomic E-state index is 12.9. The minimum atomic E-state index is -0.800. The molecule has 1 aliphatic carbocycles. The van der Waals surface area contributed by atoms with Gasteiger partial charge in [0.2, 0.25) is 0 Å². The fourth-order valence-corrected chi connectivity index (χ4v) is 5.27. The topological polar surface area (TPSA) is 113 Å². The van der Waals surface area contributed by atoms with Gasteiger partial charge >= 0.3 is 5.97 Å². The van der Waals surface area contributed by atoms with Crippen LogP contribution in [0.4, 0.5) is 5.82 Å². The number of esters is 1. The number of nitrogens with one attached hydrogen (secondary N) is 2. The average Bonchev–Trinajstić information content (AvgIpc) is 2.87. The summed E-state index contributed by atoms with van der Waals surface area (Å²) in [4.78, 5) is 30.1. The van der Waals surface area contributed by atoms with Crippen LogP contribution in [0.5, 0.6) is 0 Å². The largest absolute Gasteiger partial charge is 0.467 e. The lowest BCUT2D eigenvalue weighted by Crippen LogP contribution is -2.43. The van der Waals surface area contributed by atoms with Gasteiger partial charge in [0.25, 0.3) is 5.91 Å². The molecule has 196 valence electrons. The Morgan fingerprint density at radius 1 is 1.24 bits per heavy atom. The molecule has 1 aromatic heterocycles. The Morgan fingerprint density at radius 3 is 2.70 bits per heavy atom. The highest BCUT2D eigenvalue weighted by atomic mass is 16.5. The number of rotatable bonds is 10.